The number of esters is 1. The van der Waals surface area contributed by atoms with E-state index >= 15 is 0 Å². The molecule has 0 fully saturated rings. The van der Waals surface area contributed by atoms with Crippen molar-refractivity contribution < 1.29 is 62.1 Å². The first-order valence-electron chi connectivity index (χ1n) is 13.8. The second-order valence-electron chi connectivity index (χ2n) is 8.20. The van der Waals surface area contributed by atoms with Gasteiger partial charge in [0.25, 0.3) is 0 Å². The molecule has 0 aliphatic carbocycles. The van der Waals surface area contributed by atoms with Gasteiger partial charge in [-0.2, -0.15) is 0 Å². The van der Waals surface area contributed by atoms with Crippen LogP contribution in [0, 0.1) is 0 Å². The molecule has 0 rings (SSSR count). The van der Waals surface area contributed by atoms with Gasteiger partial charge in [-0.15, -0.1) is 0 Å². The smallest absolute Gasteiger partial charge is 0.329 e. The maximum absolute atomic E-state index is 11.4. The average Bonchev–Trinajstić information content (AvgIpc) is 2.93. The summed E-state index contributed by atoms with van der Waals surface area (Å²) in [5.74, 6) is -1.69. The van der Waals surface area contributed by atoms with Crippen molar-refractivity contribution >= 4 is 17.8 Å². The highest BCUT2D eigenvalue weighted by Crippen LogP contribution is 2.00. The topological polar surface area (TPSA) is 167 Å². The maximum Gasteiger partial charge on any atom is 0.329 e. The van der Waals surface area contributed by atoms with Gasteiger partial charge in [0.05, 0.1) is 92.5 Å². The zero-order valence-electron chi connectivity index (χ0n) is 23.9. The van der Waals surface area contributed by atoms with Crippen molar-refractivity contribution in [2.45, 2.75) is 32.6 Å². The molecule has 0 heterocycles. The van der Waals surface area contributed by atoms with Gasteiger partial charge in [0.2, 0.25) is 5.91 Å². The third-order valence-corrected chi connectivity index (χ3v) is 4.73. The predicted molar refractivity (Wildman–Crippen MR) is 142 cm³/mol. The SMILES string of the molecule is CCCCCC(=O)OCCOCCOCCOCCOCCOCCOCCOCCNC(=O)COCC(=O)O. The van der Waals surface area contributed by atoms with E-state index in [9.17, 15) is 14.4 Å². The van der Waals surface area contributed by atoms with Crippen LogP contribution in [0.15, 0.2) is 0 Å². The van der Waals surface area contributed by atoms with E-state index < -0.39 is 18.5 Å². The number of carbonyl (C=O) groups is 3. The second-order valence-corrected chi connectivity index (χ2v) is 8.20. The van der Waals surface area contributed by atoms with Gasteiger partial charge in [-0.05, 0) is 6.42 Å². The van der Waals surface area contributed by atoms with Gasteiger partial charge in [-0.25, -0.2) is 4.79 Å². The van der Waals surface area contributed by atoms with Crippen LogP contribution in [0.25, 0.3) is 0 Å². The molecule has 1 amide bonds. The van der Waals surface area contributed by atoms with Gasteiger partial charge < -0.3 is 53.1 Å². The van der Waals surface area contributed by atoms with E-state index in [2.05, 4.69) is 17.0 Å². The summed E-state index contributed by atoms with van der Waals surface area (Å²) in [6.07, 6.45) is 3.46. The van der Waals surface area contributed by atoms with Gasteiger partial charge in [0.1, 0.15) is 19.8 Å². The molecule has 0 aromatic carbocycles. The lowest BCUT2D eigenvalue weighted by molar-refractivity contribution is -0.146. The number of carbonyl (C=O) groups excluding carboxylic acids is 2. The Balaban J connectivity index is 3.13. The summed E-state index contributed by atoms with van der Waals surface area (Å²) < 4.78 is 47.4. The molecule has 0 unspecified atom stereocenters. The monoisotopic (exact) mass is 583 g/mol. The number of rotatable bonds is 32. The molecule has 14 nitrogen and oxygen atoms in total. The Bertz CT molecular complexity index is 595. The third kappa shape index (κ3) is 32.3. The van der Waals surface area contributed by atoms with E-state index in [1.54, 1.807) is 0 Å². The molecule has 0 aromatic rings. The molecule has 2 N–H and O–H groups in total. The summed E-state index contributed by atoms with van der Waals surface area (Å²) in [5.41, 5.74) is 0. The Morgan fingerprint density at radius 1 is 0.550 bits per heavy atom. The number of amides is 1. The Morgan fingerprint density at radius 2 is 0.975 bits per heavy atom. The van der Waals surface area contributed by atoms with E-state index in [0.29, 0.717) is 105 Å². The molecule has 0 aliphatic rings. The predicted octanol–water partition coefficient (Wildman–Crippen LogP) is 0.444. The van der Waals surface area contributed by atoms with Gasteiger partial charge in [0, 0.05) is 13.0 Å². The molecule has 0 bridgehead atoms. The van der Waals surface area contributed by atoms with Crippen LogP contribution in [-0.4, -0.2) is 142 Å². The van der Waals surface area contributed by atoms with Crippen molar-refractivity contribution in [2.24, 2.45) is 0 Å². The summed E-state index contributed by atoms with van der Waals surface area (Å²) >= 11 is 0. The van der Waals surface area contributed by atoms with Crippen LogP contribution in [0.3, 0.4) is 0 Å². The average molecular weight is 584 g/mol. The number of ether oxygens (including phenoxy) is 9. The van der Waals surface area contributed by atoms with E-state index in [0.717, 1.165) is 19.3 Å². The normalized spacial score (nSPS) is 11.0. The van der Waals surface area contributed by atoms with Crippen molar-refractivity contribution in [3.8, 4) is 0 Å². The first-order chi connectivity index (χ1) is 19.6. The molecule has 0 spiro atoms. The first-order valence-corrected chi connectivity index (χ1v) is 13.8. The molecule has 40 heavy (non-hydrogen) atoms. The van der Waals surface area contributed by atoms with Gasteiger partial charge >= 0.3 is 11.9 Å². The van der Waals surface area contributed by atoms with Crippen LogP contribution in [0.5, 0.6) is 0 Å². The molecule has 0 radical (unpaired) electrons. The van der Waals surface area contributed by atoms with Gasteiger partial charge in [0.15, 0.2) is 0 Å². The van der Waals surface area contributed by atoms with E-state index in [4.69, 9.17) is 43.0 Å². The van der Waals surface area contributed by atoms with Crippen LogP contribution in [0.2, 0.25) is 0 Å². The fourth-order valence-corrected chi connectivity index (χ4v) is 2.77. The molecule has 236 valence electrons. The van der Waals surface area contributed by atoms with Crippen molar-refractivity contribution in [3.63, 3.8) is 0 Å². The van der Waals surface area contributed by atoms with E-state index in [1.807, 2.05) is 0 Å². The molecular formula is C26H49NO13. The summed E-state index contributed by atoms with van der Waals surface area (Å²) in [6.45, 7) is 7.85. The lowest BCUT2D eigenvalue weighted by Gasteiger charge is -2.09. The third-order valence-electron chi connectivity index (χ3n) is 4.73. The summed E-state index contributed by atoms with van der Waals surface area (Å²) in [4.78, 5) is 33.0. The second kappa shape index (κ2) is 31.6. The molecule has 0 saturated carbocycles. The van der Waals surface area contributed by atoms with Crippen LogP contribution in [0.4, 0.5) is 0 Å². The van der Waals surface area contributed by atoms with Gasteiger partial charge in [-0.1, -0.05) is 19.8 Å². The minimum Gasteiger partial charge on any atom is -0.480 e. The highest BCUT2D eigenvalue weighted by Gasteiger charge is 2.03. The minimum atomic E-state index is -1.12. The number of carboxylic acid groups (broad SMARTS) is 1. The molecule has 14 heteroatoms. The Morgan fingerprint density at radius 3 is 1.40 bits per heavy atom. The number of aliphatic carboxylic acids is 1. The summed E-state index contributed by atoms with van der Waals surface area (Å²) in [7, 11) is 0. The zero-order chi connectivity index (χ0) is 29.4. The number of unbranched alkanes of at least 4 members (excludes halogenated alkanes) is 2. The highest BCUT2D eigenvalue weighted by atomic mass is 16.6. The largest absolute Gasteiger partial charge is 0.480 e. The molecule has 0 aliphatic heterocycles. The maximum atomic E-state index is 11.4. The highest BCUT2D eigenvalue weighted by molar-refractivity contribution is 5.77. The number of hydrogen-bond acceptors (Lipinski definition) is 12. The van der Waals surface area contributed by atoms with Crippen molar-refractivity contribution in [1.29, 1.82) is 0 Å². The lowest BCUT2D eigenvalue weighted by atomic mass is 10.2. The minimum absolute atomic E-state index is 0.171. The first kappa shape index (κ1) is 38.1. The Kier molecular flexibility index (Phi) is 30.1. The van der Waals surface area contributed by atoms with Crippen LogP contribution in [0.1, 0.15) is 32.6 Å². The fraction of sp³-hybridized carbons (Fsp3) is 0.885. The Labute approximate surface area is 237 Å². The number of carboxylic acids is 1. The van der Waals surface area contributed by atoms with Crippen molar-refractivity contribution in [1.82, 2.24) is 5.32 Å². The molecular weight excluding hydrogens is 534 g/mol. The molecule has 0 atom stereocenters. The summed E-state index contributed by atoms with van der Waals surface area (Å²) in [5, 5.41) is 10.9. The summed E-state index contributed by atoms with van der Waals surface area (Å²) in [6, 6.07) is 0. The van der Waals surface area contributed by atoms with Crippen LogP contribution < -0.4 is 5.32 Å². The quantitative estimate of drug-likeness (QED) is 0.0828. The van der Waals surface area contributed by atoms with Crippen LogP contribution in [-0.2, 0) is 57.0 Å². The van der Waals surface area contributed by atoms with Crippen molar-refractivity contribution in [3.05, 3.63) is 0 Å². The zero-order valence-corrected chi connectivity index (χ0v) is 23.9. The fourth-order valence-electron chi connectivity index (χ4n) is 2.77. The van der Waals surface area contributed by atoms with Gasteiger partial charge in [-0.3, -0.25) is 9.59 Å². The molecule has 0 saturated heterocycles. The number of hydrogen-bond donors (Lipinski definition) is 2. The Hall–Kier alpha value is -1.91. The lowest BCUT2D eigenvalue weighted by Crippen LogP contribution is -2.31. The molecule has 0 aromatic heterocycles. The van der Waals surface area contributed by atoms with E-state index in [1.165, 1.54) is 0 Å². The van der Waals surface area contributed by atoms with Crippen LogP contribution >= 0.6 is 0 Å². The van der Waals surface area contributed by atoms with Crippen molar-refractivity contribution in [2.75, 3.05) is 119 Å². The number of nitrogens with one attached hydrogen (secondary N) is 1. The van der Waals surface area contributed by atoms with E-state index in [-0.39, 0.29) is 19.2 Å². The standard InChI is InChI=1S/C26H49NO13/c1-2-3-4-5-26(31)40-21-20-38-19-18-37-17-16-36-15-14-35-13-12-34-11-10-33-9-8-32-7-6-27-24(28)22-39-23-25(29)30/h2-23H2,1H3,(H,27,28)(H,29,30).